The van der Waals surface area contributed by atoms with Gasteiger partial charge < -0.3 is 15.2 Å². The van der Waals surface area contributed by atoms with E-state index in [-0.39, 0.29) is 30.7 Å². The van der Waals surface area contributed by atoms with Gasteiger partial charge in [0.05, 0.1) is 18.8 Å². The van der Waals surface area contributed by atoms with E-state index in [2.05, 4.69) is 10.3 Å². The van der Waals surface area contributed by atoms with Crippen LogP contribution in [0.4, 0.5) is 5.82 Å². The Balaban J connectivity index is 2.33. The first kappa shape index (κ1) is 16.2. The number of morpholine rings is 1. The normalized spacial score (nSPS) is 24.0. The molecule has 0 saturated carbocycles. The van der Waals surface area contributed by atoms with E-state index in [0.717, 1.165) is 0 Å². The molecule has 118 valence electrons. The molecule has 2 N–H and O–H groups in total. The third-order valence-electron chi connectivity index (χ3n) is 3.23. The van der Waals surface area contributed by atoms with Gasteiger partial charge in [-0.3, -0.25) is 0 Å². The van der Waals surface area contributed by atoms with Crippen LogP contribution in [0.5, 0.6) is 0 Å². The van der Waals surface area contributed by atoms with Gasteiger partial charge in [0.2, 0.25) is 10.0 Å². The molecule has 2 unspecified atom stereocenters. The van der Waals surface area contributed by atoms with Crippen molar-refractivity contribution in [2.45, 2.75) is 31.0 Å². The Morgan fingerprint density at radius 3 is 2.95 bits per heavy atom. The smallest absolute Gasteiger partial charge is 0.246 e. The van der Waals surface area contributed by atoms with E-state index >= 15 is 0 Å². The highest BCUT2D eigenvalue weighted by Crippen LogP contribution is 2.25. The maximum Gasteiger partial charge on any atom is 0.246 e. The lowest BCUT2D eigenvalue weighted by Crippen LogP contribution is -2.50. The van der Waals surface area contributed by atoms with Crippen LogP contribution in [0, 0.1) is 0 Å². The zero-order valence-electron chi connectivity index (χ0n) is 12.2. The molecule has 0 spiro atoms. The first-order chi connectivity index (χ1) is 9.98. The second-order valence-corrected chi connectivity index (χ2v) is 6.86. The molecule has 0 radical (unpaired) electrons. The van der Waals surface area contributed by atoms with E-state index in [1.165, 1.54) is 10.4 Å². The van der Waals surface area contributed by atoms with Gasteiger partial charge in [0, 0.05) is 25.8 Å². The molecule has 1 fully saturated rings. The Hall–Kier alpha value is -1.22. The van der Waals surface area contributed by atoms with Crippen molar-refractivity contribution >= 4 is 15.8 Å². The van der Waals surface area contributed by atoms with Crippen LogP contribution in [0.2, 0.25) is 0 Å². The summed E-state index contributed by atoms with van der Waals surface area (Å²) in [5.74, 6) is 0.347. The molecule has 1 saturated heterocycles. The SMILES string of the molecule is CCNc1ncccc1S(=O)(=O)N1CC(C)OC(CO)C1. The van der Waals surface area contributed by atoms with Crippen molar-refractivity contribution in [2.75, 3.05) is 31.6 Å². The predicted octanol–water partition coefficient (Wildman–Crippen LogP) is 0.284. The Bertz CT molecular complexity index is 579. The van der Waals surface area contributed by atoms with Crippen molar-refractivity contribution in [3.05, 3.63) is 18.3 Å². The summed E-state index contributed by atoms with van der Waals surface area (Å²) in [6.45, 7) is 4.45. The van der Waals surface area contributed by atoms with Gasteiger partial charge in [-0.2, -0.15) is 4.31 Å². The molecule has 8 heteroatoms. The van der Waals surface area contributed by atoms with Gasteiger partial charge in [0.25, 0.3) is 0 Å². The summed E-state index contributed by atoms with van der Waals surface area (Å²) in [6.07, 6.45) is 0.794. The quantitative estimate of drug-likeness (QED) is 0.811. The van der Waals surface area contributed by atoms with Gasteiger partial charge >= 0.3 is 0 Å². The summed E-state index contributed by atoms with van der Waals surface area (Å²) in [5.41, 5.74) is 0. The maximum absolute atomic E-state index is 12.8. The number of hydrogen-bond acceptors (Lipinski definition) is 6. The average molecular weight is 315 g/mol. The predicted molar refractivity (Wildman–Crippen MR) is 78.6 cm³/mol. The standard InChI is InChI=1S/C13H21N3O4S/c1-3-14-13-12(5-4-6-15-13)21(18,19)16-7-10(2)20-11(8-16)9-17/h4-6,10-11,17H,3,7-9H2,1-2H3,(H,14,15). The van der Waals surface area contributed by atoms with Gasteiger partial charge in [-0.05, 0) is 26.0 Å². The molecule has 0 aliphatic carbocycles. The Morgan fingerprint density at radius 1 is 1.52 bits per heavy atom. The van der Waals surface area contributed by atoms with Crippen LogP contribution in [0.3, 0.4) is 0 Å². The zero-order valence-corrected chi connectivity index (χ0v) is 13.0. The molecule has 2 heterocycles. The number of aromatic nitrogens is 1. The van der Waals surface area contributed by atoms with Crippen LogP contribution < -0.4 is 5.32 Å². The van der Waals surface area contributed by atoms with Crippen LogP contribution in [0.15, 0.2) is 23.2 Å². The Labute approximate surface area is 125 Å². The Morgan fingerprint density at radius 2 is 2.29 bits per heavy atom. The molecular weight excluding hydrogens is 294 g/mol. The fraction of sp³-hybridized carbons (Fsp3) is 0.615. The van der Waals surface area contributed by atoms with Crippen molar-refractivity contribution in [1.82, 2.24) is 9.29 Å². The van der Waals surface area contributed by atoms with Crippen LogP contribution in [0.25, 0.3) is 0 Å². The summed E-state index contributed by atoms with van der Waals surface area (Å²) < 4.78 is 32.4. The van der Waals surface area contributed by atoms with Crippen LogP contribution >= 0.6 is 0 Å². The van der Waals surface area contributed by atoms with Gasteiger partial charge in [0.15, 0.2) is 0 Å². The van der Waals surface area contributed by atoms with Crippen molar-refractivity contribution in [3.8, 4) is 0 Å². The molecule has 21 heavy (non-hydrogen) atoms. The lowest BCUT2D eigenvalue weighted by molar-refractivity contribution is -0.0750. The molecule has 1 aromatic heterocycles. The van der Waals surface area contributed by atoms with Crippen molar-refractivity contribution in [2.24, 2.45) is 0 Å². The summed E-state index contributed by atoms with van der Waals surface area (Å²) >= 11 is 0. The Kier molecular flexibility index (Phi) is 5.15. The van der Waals surface area contributed by atoms with Gasteiger partial charge in [-0.15, -0.1) is 0 Å². The highest BCUT2D eigenvalue weighted by atomic mass is 32.2. The number of anilines is 1. The average Bonchev–Trinajstić information content (AvgIpc) is 2.47. The van der Waals surface area contributed by atoms with Crippen molar-refractivity contribution < 1.29 is 18.3 Å². The monoisotopic (exact) mass is 315 g/mol. The molecule has 0 bridgehead atoms. The van der Waals surface area contributed by atoms with Crippen molar-refractivity contribution in [3.63, 3.8) is 0 Å². The summed E-state index contributed by atoms with van der Waals surface area (Å²) in [6, 6.07) is 3.13. The summed E-state index contributed by atoms with van der Waals surface area (Å²) in [4.78, 5) is 4.24. The van der Waals surface area contributed by atoms with Gasteiger partial charge in [-0.1, -0.05) is 0 Å². The minimum Gasteiger partial charge on any atom is -0.394 e. The number of aliphatic hydroxyl groups excluding tert-OH is 1. The van der Waals surface area contributed by atoms with E-state index < -0.39 is 16.1 Å². The number of sulfonamides is 1. The second kappa shape index (κ2) is 6.69. The van der Waals surface area contributed by atoms with Crippen LogP contribution in [-0.2, 0) is 14.8 Å². The third kappa shape index (κ3) is 3.52. The number of hydrogen-bond donors (Lipinski definition) is 2. The topological polar surface area (TPSA) is 91.8 Å². The third-order valence-corrected chi connectivity index (χ3v) is 5.09. The molecule has 7 nitrogen and oxygen atoms in total. The molecule has 1 aliphatic rings. The van der Waals surface area contributed by atoms with E-state index in [1.54, 1.807) is 19.2 Å². The van der Waals surface area contributed by atoms with E-state index in [0.29, 0.717) is 12.4 Å². The molecular formula is C13H21N3O4S. The van der Waals surface area contributed by atoms with Gasteiger partial charge in [0.1, 0.15) is 10.7 Å². The molecule has 2 atom stereocenters. The maximum atomic E-state index is 12.8. The number of pyridine rings is 1. The van der Waals surface area contributed by atoms with Crippen LogP contribution in [0.1, 0.15) is 13.8 Å². The fourth-order valence-corrected chi connectivity index (χ4v) is 4.00. The highest BCUT2D eigenvalue weighted by molar-refractivity contribution is 7.89. The fourth-order valence-electron chi connectivity index (χ4n) is 2.34. The minimum absolute atomic E-state index is 0.142. The molecule has 0 aromatic carbocycles. The van der Waals surface area contributed by atoms with Crippen LogP contribution in [-0.4, -0.2) is 61.3 Å². The van der Waals surface area contributed by atoms with E-state index in [9.17, 15) is 13.5 Å². The lowest BCUT2D eigenvalue weighted by atomic mass is 10.2. The number of nitrogens with one attached hydrogen (secondary N) is 1. The summed E-state index contributed by atoms with van der Waals surface area (Å²) in [7, 11) is -3.67. The first-order valence-electron chi connectivity index (χ1n) is 6.94. The highest BCUT2D eigenvalue weighted by Gasteiger charge is 2.35. The van der Waals surface area contributed by atoms with Crippen molar-refractivity contribution in [1.29, 1.82) is 0 Å². The van der Waals surface area contributed by atoms with E-state index in [1.807, 2.05) is 6.92 Å². The number of nitrogens with zero attached hydrogens (tertiary/aromatic N) is 2. The summed E-state index contributed by atoms with van der Waals surface area (Å²) in [5, 5.41) is 12.2. The van der Waals surface area contributed by atoms with Gasteiger partial charge in [-0.25, -0.2) is 13.4 Å². The largest absolute Gasteiger partial charge is 0.394 e. The second-order valence-electron chi connectivity index (χ2n) is 4.95. The number of rotatable bonds is 5. The number of aliphatic hydroxyl groups is 1. The molecule has 0 amide bonds. The first-order valence-corrected chi connectivity index (χ1v) is 8.38. The minimum atomic E-state index is -3.67. The molecule has 1 aliphatic heterocycles. The van der Waals surface area contributed by atoms with E-state index in [4.69, 9.17) is 4.74 Å². The molecule has 2 rings (SSSR count). The lowest BCUT2D eigenvalue weighted by Gasteiger charge is -2.35. The number of ether oxygens (including phenoxy) is 1. The molecule has 1 aromatic rings. The zero-order chi connectivity index (χ0) is 15.5.